The number of phenols is 1. The zero-order chi connectivity index (χ0) is 25.4. The number of phenolic OH excluding ortho intramolecular Hbond substituents is 1. The second-order valence-electron chi connectivity index (χ2n) is 7.40. The summed E-state index contributed by atoms with van der Waals surface area (Å²) in [6, 6.07) is 15.5. The summed E-state index contributed by atoms with van der Waals surface area (Å²) in [7, 11) is 0. The summed E-state index contributed by atoms with van der Waals surface area (Å²) in [6.07, 6.45) is 0. The molecule has 3 rings (SSSR count). The predicted molar refractivity (Wildman–Crippen MR) is 136 cm³/mol. The zero-order valence-corrected chi connectivity index (χ0v) is 19.8. The maximum atomic E-state index is 11.9. The molecule has 0 saturated carbocycles. The van der Waals surface area contributed by atoms with Crippen LogP contribution in [0.15, 0.2) is 54.6 Å². The van der Waals surface area contributed by atoms with E-state index in [1.807, 2.05) is 18.2 Å². The highest BCUT2D eigenvalue weighted by atomic mass is 16.5. The Morgan fingerprint density at radius 3 is 2.03 bits per heavy atom. The molecule has 1 amide bonds. The van der Waals surface area contributed by atoms with Crippen LogP contribution in [-0.4, -0.2) is 83.7 Å². The van der Waals surface area contributed by atoms with Crippen LogP contribution in [0.3, 0.4) is 0 Å². The van der Waals surface area contributed by atoms with E-state index in [9.17, 15) is 9.90 Å². The molecule has 0 bridgehead atoms. The van der Waals surface area contributed by atoms with Crippen molar-refractivity contribution in [1.29, 1.82) is 0 Å². The number of hydrogen-bond acceptors (Lipinski definition) is 11. The van der Waals surface area contributed by atoms with Gasteiger partial charge in [-0.3, -0.25) is 4.79 Å². The van der Waals surface area contributed by atoms with Gasteiger partial charge in [0.05, 0.1) is 33.0 Å². The normalized spacial score (nSPS) is 10.6. The van der Waals surface area contributed by atoms with Crippen LogP contribution in [0.5, 0.6) is 5.75 Å². The largest absolute Gasteiger partial charge is 0.508 e. The van der Waals surface area contributed by atoms with Gasteiger partial charge in [-0.05, 0) is 36.4 Å². The van der Waals surface area contributed by atoms with E-state index in [0.29, 0.717) is 75.2 Å². The van der Waals surface area contributed by atoms with Crippen LogP contribution in [0.25, 0.3) is 0 Å². The molecule has 36 heavy (non-hydrogen) atoms. The smallest absolute Gasteiger partial charge is 0.251 e. The number of aromatic nitrogens is 3. The van der Waals surface area contributed by atoms with Crippen LogP contribution in [-0.2, 0) is 9.47 Å². The molecule has 0 radical (unpaired) electrons. The molecule has 12 heteroatoms. The van der Waals surface area contributed by atoms with E-state index in [2.05, 4.69) is 36.2 Å². The van der Waals surface area contributed by atoms with E-state index in [1.165, 1.54) is 0 Å². The molecule has 0 aliphatic carbocycles. The first-order valence-electron chi connectivity index (χ1n) is 11.5. The van der Waals surface area contributed by atoms with Gasteiger partial charge in [-0.1, -0.05) is 18.2 Å². The van der Waals surface area contributed by atoms with Gasteiger partial charge in [-0.25, -0.2) is 0 Å². The van der Waals surface area contributed by atoms with Crippen molar-refractivity contribution in [2.75, 3.05) is 68.6 Å². The van der Waals surface area contributed by atoms with Crippen LogP contribution in [0, 0.1) is 0 Å². The van der Waals surface area contributed by atoms with Gasteiger partial charge in [0.15, 0.2) is 0 Å². The molecule has 0 unspecified atom stereocenters. The monoisotopic (exact) mass is 497 g/mol. The average molecular weight is 498 g/mol. The molecule has 0 spiro atoms. The van der Waals surface area contributed by atoms with Crippen LogP contribution in [0.4, 0.5) is 23.5 Å². The van der Waals surface area contributed by atoms with Crippen molar-refractivity contribution in [3.05, 3.63) is 60.2 Å². The highest BCUT2D eigenvalue weighted by Crippen LogP contribution is 2.18. The van der Waals surface area contributed by atoms with Crippen LogP contribution in [0.1, 0.15) is 10.4 Å². The number of aliphatic hydroxyl groups is 1. The third-order valence-corrected chi connectivity index (χ3v) is 4.62. The summed E-state index contributed by atoms with van der Waals surface area (Å²) in [5, 5.41) is 30.3. The van der Waals surface area contributed by atoms with E-state index in [4.69, 9.17) is 14.6 Å². The first-order chi connectivity index (χ1) is 17.6. The highest BCUT2D eigenvalue weighted by Gasteiger charge is 2.07. The van der Waals surface area contributed by atoms with Gasteiger partial charge in [-0.2, -0.15) is 15.0 Å². The molecule has 2 aromatic carbocycles. The lowest BCUT2D eigenvalue weighted by Crippen LogP contribution is -2.27. The first kappa shape index (κ1) is 26.6. The van der Waals surface area contributed by atoms with Crippen molar-refractivity contribution >= 4 is 29.4 Å². The summed E-state index contributed by atoms with van der Waals surface area (Å²) in [5.74, 6) is 0.963. The molecular formula is C24H31N7O5. The molecular weight excluding hydrogens is 466 g/mol. The molecule has 192 valence electrons. The van der Waals surface area contributed by atoms with Crippen molar-refractivity contribution in [2.45, 2.75) is 0 Å². The van der Waals surface area contributed by atoms with E-state index in [-0.39, 0.29) is 18.3 Å². The summed E-state index contributed by atoms with van der Waals surface area (Å²) in [5.41, 5.74) is 1.31. The number of rotatable bonds is 16. The van der Waals surface area contributed by atoms with Crippen LogP contribution < -0.4 is 21.3 Å². The Morgan fingerprint density at radius 1 is 0.750 bits per heavy atom. The number of benzene rings is 2. The Hall–Kier alpha value is -4.00. The second kappa shape index (κ2) is 15.1. The van der Waals surface area contributed by atoms with Crippen LogP contribution in [0.2, 0.25) is 0 Å². The first-order valence-corrected chi connectivity index (χ1v) is 11.5. The Bertz CT molecular complexity index is 1050. The Kier molecular flexibility index (Phi) is 11.2. The fourth-order valence-corrected chi connectivity index (χ4v) is 2.92. The topological polar surface area (TPSA) is 163 Å². The molecule has 12 nitrogen and oxygen atoms in total. The fourth-order valence-electron chi connectivity index (χ4n) is 2.92. The SMILES string of the molecule is O=C(NCCOCCOCCNc1nc(NCCO)nc(Nc2ccc(O)cc2)n1)c1ccccc1. The maximum absolute atomic E-state index is 11.9. The molecule has 0 atom stereocenters. The number of aliphatic hydroxyl groups excluding tert-OH is 1. The number of carbonyl (C=O) groups excluding carboxylic acids is 1. The number of ether oxygens (including phenoxy) is 2. The van der Waals surface area contributed by atoms with Gasteiger partial charge >= 0.3 is 0 Å². The van der Waals surface area contributed by atoms with Gasteiger partial charge in [0.2, 0.25) is 17.8 Å². The number of carbonyl (C=O) groups is 1. The lowest BCUT2D eigenvalue weighted by molar-refractivity contribution is 0.0519. The fraction of sp³-hybridized carbons (Fsp3) is 0.333. The third kappa shape index (κ3) is 9.70. The summed E-state index contributed by atoms with van der Waals surface area (Å²) < 4.78 is 11.0. The number of nitrogens with one attached hydrogen (secondary N) is 4. The number of amides is 1. The molecule has 0 aliphatic heterocycles. The number of hydrogen-bond donors (Lipinski definition) is 6. The average Bonchev–Trinajstić information content (AvgIpc) is 2.90. The molecule has 1 heterocycles. The summed E-state index contributed by atoms with van der Waals surface area (Å²) in [6.45, 7) is 2.71. The molecule has 0 fully saturated rings. The van der Waals surface area contributed by atoms with Gasteiger partial charge in [-0.15, -0.1) is 0 Å². The number of aromatic hydroxyl groups is 1. The minimum Gasteiger partial charge on any atom is -0.508 e. The zero-order valence-electron chi connectivity index (χ0n) is 19.8. The lowest BCUT2D eigenvalue weighted by atomic mass is 10.2. The van der Waals surface area contributed by atoms with E-state index >= 15 is 0 Å². The molecule has 0 saturated heterocycles. The number of nitrogens with zero attached hydrogens (tertiary/aromatic N) is 3. The van der Waals surface area contributed by atoms with Gasteiger partial charge < -0.3 is 41.0 Å². The van der Waals surface area contributed by atoms with E-state index in [0.717, 1.165) is 0 Å². The summed E-state index contributed by atoms with van der Waals surface area (Å²) in [4.78, 5) is 24.8. The molecule has 1 aromatic heterocycles. The van der Waals surface area contributed by atoms with Crippen molar-refractivity contribution in [3.63, 3.8) is 0 Å². The van der Waals surface area contributed by atoms with Crippen molar-refractivity contribution < 1.29 is 24.5 Å². The lowest BCUT2D eigenvalue weighted by Gasteiger charge is -2.11. The highest BCUT2D eigenvalue weighted by molar-refractivity contribution is 5.94. The Morgan fingerprint density at radius 2 is 1.36 bits per heavy atom. The predicted octanol–water partition coefficient (Wildman–Crippen LogP) is 1.60. The van der Waals surface area contributed by atoms with E-state index in [1.54, 1.807) is 36.4 Å². The quantitative estimate of drug-likeness (QED) is 0.126. The molecule has 6 N–H and O–H groups in total. The van der Waals surface area contributed by atoms with Gasteiger partial charge in [0.25, 0.3) is 5.91 Å². The van der Waals surface area contributed by atoms with Crippen molar-refractivity contribution in [2.24, 2.45) is 0 Å². The van der Waals surface area contributed by atoms with E-state index < -0.39 is 0 Å². The minimum atomic E-state index is -0.129. The molecule has 3 aromatic rings. The Balaban J connectivity index is 1.33. The third-order valence-electron chi connectivity index (χ3n) is 4.62. The minimum absolute atomic E-state index is 0.0650. The second-order valence-corrected chi connectivity index (χ2v) is 7.40. The van der Waals surface area contributed by atoms with Gasteiger partial charge in [0, 0.05) is 30.9 Å². The summed E-state index contributed by atoms with van der Waals surface area (Å²) >= 11 is 0. The number of anilines is 4. The van der Waals surface area contributed by atoms with Gasteiger partial charge in [0.1, 0.15) is 5.75 Å². The van der Waals surface area contributed by atoms with Crippen LogP contribution >= 0.6 is 0 Å². The van der Waals surface area contributed by atoms with Crippen molar-refractivity contribution in [3.8, 4) is 5.75 Å². The maximum Gasteiger partial charge on any atom is 0.251 e. The molecule has 0 aliphatic rings. The van der Waals surface area contributed by atoms with Crippen molar-refractivity contribution in [1.82, 2.24) is 20.3 Å². The Labute approximate surface area is 209 Å². The standard InChI is InChI=1S/C24H31N7O5/c32-13-10-26-22-29-23(31-24(30-22)28-19-6-8-20(33)9-7-19)27-12-15-36-17-16-35-14-11-25-21(34)18-4-2-1-3-5-18/h1-9,32-33H,10-17H2,(H,25,34)(H3,26,27,28,29,30,31).